The van der Waals surface area contributed by atoms with Crippen LogP contribution in [0.25, 0.3) is 0 Å². The summed E-state index contributed by atoms with van der Waals surface area (Å²) in [7, 11) is 0. The molecule has 14 unspecified atom stereocenters. The van der Waals surface area contributed by atoms with E-state index < -0.39 is 12.2 Å². The lowest BCUT2D eigenvalue weighted by Crippen LogP contribution is -2.73. The number of ether oxygens (including phenoxy) is 6. The fourth-order valence-electron chi connectivity index (χ4n) is 39.7. The van der Waals surface area contributed by atoms with Crippen molar-refractivity contribution in [3.8, 4) is 69.0 Å². The highest BCUT2D eigenvalue weighted by molar-refractivity contribution is 5.75. The lowest BCUT2D eigenvalue weighted by Gasteiger charge is -2.65. The molecule has 6 aromatic rings. The van der Waals surface area contributed by atoms with Crippen molar-refractivity contribution >= 4 is 11.8 Å². The number of nitrogens with two attached hydrogens (primary N) is 2. The van der Waals surface area contributed by atoms with Gasteiger partial charge in [-0.25, -0.2) is 0 Å². The molecule has 12 aliphatic carbocycles. The number of likely N-dealkylation sites (tertiary alicyclic amines) is 6. The van der Waals surface area contributed by atoms with Crippen LogP contribution in [-0.4, -0.2) is 270 Å². The SMILES string of the molecule is C=CCN1CC[C@]23c4c5ccc(O)c4OC2C(NC(C)=O)CC[C@@]3(C)C1C5.C=CCN1CC[C@]23c4c5ccc(O)c4OC2C(NC(C)=O)CC[C@@]3(C)C1C5.C=CCN1CC[C@]23c4c5ccc(O)c4OC2[C@@H](N)CC[C@@]3(C)C1C5.C=CCN1CC[C@]23c4c5ccc(O)c4OC2[C@@H](O)CC[C@@]3(C)C1C5.C=CCN1CC[C@]23c4c5ccc(O)c4OC2[C@H](N)CC[C@@]3(C)C1C5.C=CCN1CC[C@]23c4c5ccc(O)c4OC2[C@H](O)CC[C@@]3(C)C1C5. The van der Waals surface area contributed by atoms with Crippen molar-refractivity contribution in [3.63, 3.8) is 0 Å². The van der Waals surface area contributed by atoms with Crippen LogP contribution in [0.2, 0.25) is 0 Å². The molecule has 12 heterocycles. The lowest BCUT2D eigenvalue weighted by atomic mass is 9.43. The van der Waals surface area contributed by atoms with Crippen LogP contribution in [-0.2, 0) is 80.6 Å². The number of rotatable bonds is 14. The molecular weight excluding hydrogens is 1890 g/mol. The maximum Gasteiger partial charge on any atom is 0.217 e. The van der Waals surface area contributed by atoms with Crippen LogP contribution >= 0.6 is 0 Å². The topological polar surface area (TPSA) is 347 Å². The summed E-state index contributed by atoms with van der Waals surface area (Å²) in [6.07, 6.45) is 34.1. The largest absolute Gasteiger partial charge is 0.504 e. The van der Waals surface area contributed by atoms with Crippen molar-refractivity contribution in [1.29, 1.82) is 0 Å². The minimum absolute atomic E-state index is 0.00742. The van der Waals surface area contributed by atoms with E-state index >= 15 is 0 Å². The third-order valence-electron chi connectivity index (χ3n) is 45.8. The molecule has 12 bridgehead atoms. The van der Waals surface area contributed by atoms with Crippen molar-refractivity contribution in [2.24, 2.45) is 44.0 Å². The third-order valence-corrected chi connectivity index (χ3v) is 45.8. The summed E-state index contributed by atoms with van der Waals surface area (Å²) in [5.41, 5.74) is 28.1. The van der Waals surface area contributed by atoms with E-state index in [1.165, 1.54) is 66.8 Å². The molecule has 12 aliphatic heterocycles. The smallest absolute Gasteiger partial charge is 0.217 e. The molecule has 30 atom stereocenters. The summed E-state index contributed by atoms with van der Waals surface area (Å²) < 4.78 is 38.2. The molecule has 24 aliphatic rings. The number of aliphatic hydroxyl groups is 2. The molecule has 150 heavy (non-hydrogen) atoms. The maximum atomic E-state index is 11.9. The molecule has 30 rings (SSSR count). The van der Waals surface area contributed by atoms with Crippen molar-refractivity contribution < 1.29 is 78.9 Å². The van der Waals surface area contributed by atoms with Gasteiger partial charge in [-0.05, 0) is 296 Å². The van der Waals surface area contributed by atoms with E-state index in [-0.39, 0.29) is 172 Å². The molecule has 0 aromatic heterocycles. The van der Waals surface area contributed by atoms with Gasteiger partial charge in [-0.2, -0.15) is 0 Å². The number of phenolic OH excluding ortho intramolecular Hbond substituents is 6. The Bertz CT molecular complexity index is 5960. The number of hydrogen-bond acceptors (Lipinski definition) is 24. The van der Waals surface area contributed by atoms with Gasteiger partial charge in [0.25, 0.3) is 0 Å². The van der Waals surface area contributed by atoms with Crippen molar-refractivity contribution in [3.05, 3.63) is 215 Å². The molecule has 12 fully saturated rings. The number of carbonyl (C=O) groups excluding carboxylic acids is 2. The molecule has 6 spiro atoms. The Morgan fingerprint density at radius 2 is 0.487 bits per heavy atom. The Morgan fingerprint density at radius 3 is 0.700 bits per heavy atom. The minimum Gasteiger partial charge on any atom is -0.504 e. The summed E-state index contributed by atoms with van der Waals surface area (Å²) in [6, 6.07) is 25.9. The monoisotopic (exact) mass is 2040 g/mol. The van der Waals surface area contributed by atoms with Gasteiger partial charge < -0.3 is 91.4 Å². The number of nitrogens with zero attached hydrogens (tertiary/aromatic N) is 6. The van der Waals surface area contributed by atoms with Crippen LogP contribution in [0.4, 0.5) is 0 Å². The van der Waals surface area contributed by atoms with Crippen LogP contribution < -0.4 is 50.5 Å². The predicted molar refractivity (Wildman–Crippen MR) is 576 cm³/mol. The van der Waals surface area contributed by atoms with E-state index in [9.17, 15) is 50.4 Å². The van der Waals surface area contributed by atoms with Crippen molar-refractivity contribution in [1.82, 2.24) is 40.0 Å². The highest BCUT2D eigenvalue weighted by Crippen LogP contribution is 2.77. The van der Waals surface area contributed by atoms with Crippen LogP contribution in [0.1, 0.15) is 238 Å². The molecule has 26 heteroatoms. The number of benzene rings is 6. The zero-order chi connectivity index (χ0) is 105. The molecular formula is C124H158N10O16. The first-order valence-corrected chi connectivity index (χ1v) is 56.6. The van der Waals surface area contributed by atoms with Crippen molar-refractivity contribution in [2.45, 2.75) is 351 Å². The predicted octanol–water partition coefficient (Wildman–Crippen LogP) is 14.4. The van der Waals surface area contributed by atoms with Gasteiger partial charge in [-0.3, -0.25) is 39.0 Å². The molecule has 2 amide bonds. The van der Waals surface area contributed by atoms with Gasteiger partial charge in [0.1, 0.15) is 36.6 Å². The molecule has 26 nitrogen and oxygen atoms in total. The Morgan fingerprint density at radius 1 is 0.300 bits per heavy atom. The molecule has 800 valence electrons. The summed E-state index contributed by atoms with van der Waals surface area (Å²) in [6.45, 7) is 52.9. The van der Waals surface area contributed by atoms with Crippen molar-refractivity contribution in [2.75, 3.05) is 78.5 Å². The van der Waals surface area contributed by atoms with Gasteiger partial charge in [0.15, 0.2) is 69.0 Å². The van der Waals surface area contributed by atoms with Gasteiger partial charge in [-0.1, -0.05) is 114 Å². The highest BCUT2D eigenvalue weighted by Gasteiger charge is 2.79. The fraction of sp³-hybridized carbons (Fsp3) is 0.597. The highest BCUT2D eigenvalue weighted by atomic mass is 16.5. The Labute approximate surface area is 883 Å². The number of phenols is 6. The molecule has 0 radical (unpaired) electrons. The van der Waals surface area contributed by atoms with Gasteiger partial charge >= 0.3 is 0 Å². The number of amides is 2. The number of aromatic hydroxyl groups is 6. The van der Waals surface area contributed by atoms with Gasteiger partial charge in [0, 0.05) is 167 Å². The molecule has 6 saturated carbocycles. The quantitative estimate of drug-likeness (QED) is 0.0451. The first kappa shape index (κ1) is 100. The standard InChI is InChI=1S/2C22H28N2O3.2C20H26N2O2.2C20H25NO3/c2*1-4-10-24-11-9-22-18-14-5-6-16(26)19(18)27-20(22)15(23-13(2)25)7-8-21(22,3)17(24)12-14;2*1-3-9-22-10-8-20-16-12-4-5-14(23)17(16)24-18(20)13(21)6-7-19(20,2)15(22)11-12;2*1-3-9-21-10-8-20-16-12-4-5-13(22)17(16)24-18(20)14(23)6-7-19(20,2)15(21)11-12/h2*4-6,15,17,20,26H,1,7-12H2,2-3H3,(H,23,25);2*3-5,13,15,18,23H,1,6-11,21H2,2H3;2*3-5,14-15,18,22-23H,1,6-11H2,2H3/t2*15?,17?,20?,21-,22-;13-,15?,18?,19+,20+;13-,15?,18?,19-,20-;14-,15?,18?,19+,20+;14-,15?,18?,19-,20-/m001010/s1. The lowest BCUT2D eigenvalue weighted by molar-refractivity contribution is -0.150. The van der Waals surface area contributed by atoms with Crippen LogP contribution in [0.15, 0.2) is 149 Å². The molecule has 6 aromatic carbocycles. The second-order valence-electron chi connectivity index (χ2n) is 51.1. The van der Waals surface area contributed by atoms with Crippen LogP contribution in [0.3, 0.4) is 0 Å². The van der Waals surface area contributed by atoms with Crippen LogP contribution in [0, 0.1) is 32.5 Å². The number of nitrogens with one attached hydrogen (secondary N) is 2. The van der Waals surface area contributed by atoms with Gasteiger partial charge in [-0.15, -0.1) is 39.5 Å². The molecule has 14 N–H and O–H groups in total. The zero-order valence-electron chi connectivity index (χ0n) is 89.2. The number of hydrogen-bond donors (Lipinski definition) is 12. The van der Waals surface area contributed by atoms with Crippen LogP contribution in [0.5, 0.6) is 69.0 Å². The van der Waals surface area contributed by atoms with E-state index in [0.29, 0.717) is 59.2 Å². The Balaban J connectivity index is 0.0000000932. The Kier molecular flexibility index (Phi) is 23.6. The summed E-state index contributed by atoms with van der Waals surface area (Å²) in [5.74, 6) is 5.47. The van der Waals surface area contributed by atoms with E-state index in [0.717, 1.165) is 244 Å². The fourth-order valence-corrected chi connectivity index (χ4v) is 39.7. The third kappa shape index (κ3) is 12.9. The van der Waals surface area contributed by atoms with E-state index in [1.807, 2.05) is 36.5 Å². The average molecular weight is 2040 g/mol. The Hall–Kier alpha value is -10.1. The minimum atomic E-state index is -0.456. The summed E-state index contributed by atoms with van der Waals surface area (Å²) in [5, 5.41) is 90.5. The average Bonchev–Trinajstić information content (AvgIpc) is 1.50. The zero-order valence-corrected chi connectivity index (χ0v) is 89.2. The first-order valence-electron chi connectivity index (χ1n) is 56.6. The number of piperidine rings is 6. The summed E-state index contributed by atoms with van der Waals surface area (Å²) in [4.78, 5) is 39.2. The van der Waals surface area contributed by atoms with Gasteiger partial charge in [0.05, 0.1) is 24.3 Å². The normalized spacial score (nSPS) is 41.0. The first-order chi connectivity index (χ1) is 71.9. The maximum absolute atomic E-state index is 11.9. The van der Waals surface area contributed by atoms with Gasteiger partial charge in [0.2, 0.25) is 11.8 Å². The van der Waals surface area contributed by atoms with E-state index in [2.05, 4.69) is 157 Å². The number of carbonyl (C=O) groups is 2. The van der Waals surface area contributed by atoms with E-state index in [1.54, 1.807) is 50.2 Å². The molecule has 6 saturated heterocycles. The number of aliphatic hydroxyl groups excluding tert-OH is 2. The summed E-state index contributed by atoms with van der Waals surface area (Å²) >= 11 is 0. The second-order valence-corrected chi connectivity index (χ2v) is 51.1. The van der Waals surface area contributed by atoms with E-state index in [4.69, 9.17) is 39.9 Å². The second kappa shape index (κ2) is 35.2.